The van der Waals surface area contributed by atoms with Crippen molar-refractivity contribution in [2.24, 2.45) is 0 Å². The van der Waals surface area contributed by atoms with Crippen LogP contribution >= 0.6 is 0 Å². The van der Waals surface area contributed by atoms with Gasteiger partial charge < -0.3 is 14.2 Å². The Kier molecular flexibility index (Phi) is 6.26. The van der Waals surface area contributed by atoms with E-state index in [-0.39, 0.29) is 17.8 Å². The standard InChI is InChI=1S/C17H30O4/c1-16(2,3)20-14-10-8-7-9-13(11-12-14)19-15(18)21-17(4,5)6/h11-14H,7-10H2,1-6H3/b12-11+. The molecule has 0 aliphatic heterocycles. The van der Waals surface area contributed by atoms with E-state index in [1.165, 1.54) is 0 Å². The molecule has 2 unspecified atom stereocenters. The van der Waals surface area contributed by atoms with Gasteiger partial charge in [-0.3, -0.25) is 0 Å². The quantitative estimate of drug-likeness (QED) is 0.551. The second-order valence-corrected chi connectivity index (χ2v) is 7.56. The number of carbonyl (C=O) groups excluding carboxylic acids is 1. The lowest BCUT2D eigenvalue weighted by Gasteiger charge is -2.28. The summed E-state index contributed by atoms with van der Waals surface area (Å²) in [4.78, 5) is 11.7. The first-order valence-electron chi connectivity index (χ1n) is 7.81. The van der Waals surface area contributed by atoms with Crippen molar-refractivity contribution in [2.45, 2.75) is 90.6 Å². The van der Waals surface area contributed by atoms with Gasteiger partial charge in [-0.1, -0.05) is 12.5 Å². The highest BCUT2D eigenvalue weighted by atomic mass is 16.7. The molecule has 21 heavy (non-hydrogen) atoms. The van der Waals surface area contributed by atoms with Crippen LogP contribution < -0.4 is 0 Å². The Morgan fingerprint density at radius 1 is 0.905 bits per heavy atom. The summed E-state index contributed by atoms with van der Waals surface area (Å²) >= 11 is 0. The SMILES string of the molecule is CC(C)(C)OC(=O)OC1/C=C/C(OC(C)(C)C)CCCC1. The van der Waals surface area contributed by atoms with Crippen LogP contribution in [0.4, 0.5) is 4.79 Å². The van der Waals surface area contributed by atoms with Gasteiger partial charge in [-0.25, -0.2) is 4.79 Å². The molecule has 4 heteroatoms. The Hall–Kier alpha value is -1.03. The summed E-state index contributed by atoms with van der Waals surface area (Å²) in [6, 6.07) is 0. The smallest absolute Gasteiger partial charge is 0.429 e. The fourth-order valence-electron chi connectivity index (χ4n) is 2.18. The third-order valence-electron chi connectivity index (χ3n) is 2.91. The molecule has 0 saturated heterocycles. The first-order chi connectivity index (χ1) is 9.55. The van der Waals surface area contributed by atoms with Gasteiger partial charge in [0.05, 0.1) is 11.7 Å². The van der Waals surface area contributed by atoms with Crippen LogP contribution in [0.3, 0.4) is 0 Å². The molecule has 0 fully saturated rings. The monoisotopic (exact) mass is 298 g/mol. The second-order valence-electron chi connectivity index (χ2n) is 7.56. The first-order valence-corrected chi connectivity index (χ1v) is 7.81. The predicted octanol–water partition coefficient (Wildman–Crippen LogP) is 4.62. The molecule has 0 radical (unpaired) electrons. The lowest BCUT2D eigenvalue weighted by atomic mass is 10.0. The molecule has 2 atom stereocenters. The second kappa shape index (κ2) is 7.30. The van der Waals surface area contributed by atoms with Crippen LogP contribution in [0.1, 0.15) is 67.2 Å². The fraction of sp³-hybridized carbons (Fsp3) is 0.824. The molecule has 122 valence electrons. The molecule has 4 nitrogen and oxygen atoms in total. The van der Waals surface area contributed by atoms with E-state index < -0.39 is 11.8 Å². The van der Waals surface area contributed by atoms with Gasteiger partial charge in [-0.15, -0.1) is 0 Å². The summed E-state index contributed by atoms with van der Waals surface area (Å²) in [6.45, 7) is 11.6. The normalized spacial score (nSPS) is 25.6. The Morgan fingerprint density at radius 2 is 1.43 bits per heavy atom. The fourth-order valence-corrected chi connectivity index (χ4v) is 2.18. The Bertz CT molecular complexity index is 360. The summed E-state index contributed by atoms with van der Waals surface area (Å²) in [5.41, 5.74) is -0.698. The van der Waals surface area contributed by atoms with E-state index in [0.29, 0.717) is 0 Å². The molecule has 0 spiro atoms. The van der Waals surface area contributed by atoms with Gasteiger partial charge in [-0.05, 0) is 66.9 Å². The third-order valence-corrected chi connectivity index (χ3v) is 2.91. The molecule has 0 aromatic rings. The molecule has 0 bridgehead atoms. The highest BCUT2D eigenvalue weighted by Gasteiger charge is 2.22. The van der Waals surface area contributed by atoms with Crippen molar-refractivity contribution in [3.05, 3.63) is 12.2 Å². The number of hydrogen-bond donors (Lipinski definition) is 0. The van der Waals surface area contributed by atoms with Crippen molar-refractivity contribution in [1.29, 1.82) is 0 Å². The van der Waals surface area contributed by atoms with E-state index in [4.69, 9.17) is 14.2 Å². The van der Waals surface area contributed by atoms with Gasteiger partial charge in [-0.2, -0.15) is 0 Å². The summed E-state index contributed by atoms with van der Waals surface area (Å²) < 4.78 is 16.6. The van der Waals surface area contributed by atoms with Crippen molar-refractivity contribution in [3.63, 3.8) is 0 Å². The molecule has 0 aromatic heterocycles. The molecule has 1 aliphatic rings. The summed E-state index contributed by atoms with van der Waals surface area (Å²) in [6.07, 6.45) is 7.11. The minimum Gasteiger partial charge on any atom is -0.429 e. The number of hydrogen-bond acceptors (Lipinski definition) is 4. The summed E-state index contributed by atoms with van der Waals surface area (Å²) in [5.74, 6) is 0. The van der Waals surface area contributed by atoms with Gasteiger partial charge in [0.15, 0.2) is 0 Å². The zero-order valence-electron chi connectivity index (χ0n) is 14.3. The van der Waals surface area contributed by atoms with Crippen LogP contribution in [0.5, 0.6) is 0 Å². The maximum absolute atomic E-state index is 11.7. The van der Waals surface area contributed by atoms with Crippen LogP contribution in [0.25, 0.3) is 0 Å². The molecule has 0 amide bonds. The molecule has 0 N–H and O–H groups in total. The molecule has 1 aliphatic carbocycles. The van der Waals surface area contributed by atoms with Crippen molar-refractivity contribution in [2.75, 3.05) is 0 Å². The van der Waals surface area contributed by atoms with E-state index in [2.05, 4.69) is 0 Å². The maximum atomic E-state index is 11.7. The minimum absolute atomic E-state index is 0.0787. The van der Waals surface area contributed by atoms with E-state index in [1.54, 1.807) is 0 Å². The van der Waals surface area contributed by atoms with E-state index in [0.717, 1.165) is 25.7 Å². The Labute approximate surface area is 128 Å². The van der Waals surface area contributed by atoms with Crippen molar-refractivity contribution >= 4 is 6.16 Å². The molecule has 0 heterocycles. The Balaban J connectivity index is 2.57. The average molecular weight is 298 g/mol. The lowest BCUT2D eigenvalue weighted by molar-refractivity contribution is -0.0453. The van der Waals surface area contributed by atoms with E-state index >= 15 is 0 Å². The largest absolute Gasteiger partial charge is 0.509 e. The zero-order valence-corrected chi connectivity index (χ0v) is 14.3. The summed E-state index contributed by atoms with van der Waals surface area (Å²) in [7, 11) is 0. The molecule has 1 rings (SSSR count). The topological polar surface area (TPSA) is 44.8 Å². The van der Waals surface area contributed by atoms with Crippen LogP contribution in [0, 0.1) is 0 Å². The highest BCUT2D eigenvalue weighted by Crippen LogP contribution is 2.21. The number of rotatable bonds is 2. The van der Waals surface area contributed by atoms with Gasteiger partial charge in [0.2, 0.25) is 0 Å². The zero-order chi connectivity index (χ0) is 16.1. The Morgan fingerprint density at radius 3 is 1.95 bits per heavy atom. The van der Waals surface area contributed by atoms with Crippen molar-refractivity contribution in [3.8, 4) is 0 Å². The lowest BCUT2D eigenvalue weighted by Crippen LogP contribution is -2.29. The molecule has 0 aromatic carbocycles. The van der Waals surface area contributed by atoms with Gasteiger partial charge >= 0.3 is 6.16 Å². The van der Waals surface area contributed by atoms with E-state index in [1.807, 2.05) is 53.7 Å². The predicted molar refractivity (Wildman–Crippen MR) is 83.3 cm³/mol. The van der Waals surface area contributed by atoms with Crippen molar-refractivity contribution in [1.82, 2.24) is 0 Å². The number of ether oxygens (including phenoxy) is 3. The third kappa shape index (κ3) is 8.76. The average Bonchev–Trinajstić information content (AvgIpc) is 2.22. The van der Waals surface area contributed by atoms with Gasteiger partial charge in [0, 0.05) is 0 Å². The van der Waals surface area contributed by atoms with Crippen LogP contribution in [-0.4, -0.2) is 29.6 Å². The first kappa shape index (κ1) is 18.0. The van der Waals surface area contributed by atoms with E-state index in [9.17, 15) is 4.79 Å². The van der Waals surface area contributed by atoms with Crippen LogP contribution in [0.15, 0.2) is 12.2 Å². The highest BCUT2D eigenvalue weighted by molar-refractivity contribution is 5.61. The number of carbonyl (C=O) groups is 1. The molecule has 0 saturated carbocycles. The minimum atomic E-state index is -0.606. The maximum Gasteiger partial charge on any atom is 0.509 e. The molecular weight excluding hydrogens is 268 g/mol. The van der Waals surface area contributed by atoms with Crippen molar-refractivity contribution < 1.29 is 19.0 Å². The van der Waals surface area contributed by atoms with Crippen LogP contribution in [0.2, 0.25) is 0 Å². The van der Waals surface area contributed by atoms with Gasteiger partial charge in [0.1, 0.15) is 11.7 Å². The summed E-state index contributed by atoms with van der Waals surface area (Å²) in [5, 5.41) is 0. The van der Waals surface area contributed by atoms with Crippen LogP contribution in [-0.2, 0) is 14.2 Å². The van der Waals surface area contributed by atoms with Gasteiger partial charge in [0.25, 0.3) is 0 Å². The molecular formula is C17H30O4.